The highest BCUT2D eigenvalue weighted by Crippen LogP contribution is 2.09. The summed E-state index contributed by atoms with van der Waals surface area (Å²) >= 11 is 0. The minimum Gasteiger partial charge on any atom is -0.344 e. The highest BCUT2D eigenvalue weighted by Gasteiger charge is 2.22. The van der Waals surface area contributed by atoms with E-state index >= 15 is 0 Å². The number of nitrogens with zero attached hydrogens (tertiary/aromatic N) is 1. The van der Waals surface area contributed by atoms with Crippen molar-refractivity contribution in [3.8, 4) is 0 Å². The van der Waals surface area contributed by atoms with Crippen LogP contribution in [0.2, 0.25) is 0 Å². The zero-order chi connectivity index (χ0) is 11.6. The monoisotopic (exact) mass is 246 g/mol. The quantitative estimate of drug-likeness (QED) is 0.742. The lowest BCUT2D eigenvalue weighted by Gasteiger charge is -2.23. The van der Waals surface area contributed by atoms with Crippen LogP contribution in [0.25, 0.3) is 0 Å². The van der Waals surface area contributed by atoms with Crippen molar-refractivity contribution in [3.05, 3.63) is 17.0 Å². The summed E-state index contributed by atoms with van der Waals surface area (Å²) in [5.41, 5.74) is 7.35. The van der Waals surface area contributed by atoms with Crippen LogP contribution in [0.3, 0.4) is 0 Å². The number of aryl methyl sites for hydroxylation is 1. The molecular formula is C10H19ClN4O. The average Bonchev–Trinajstić information content (AvgIpc) is 2.47. The van der Waals surface area contributed by atoms with Gasteiger partial charge >= 0.3 is 0 Å². The molecule has 0 unspecified atom stereocenters. The second kappa shape index (κ2) is 5.32. The van der Waals surface area contributed by atoms with E-state index in [0.29, 0.717) is 12.2 Å². The molecule has 92 valence electrons. The number of hydrogen-bond acceptors (Lipinski definition) is 3. The third-order valence-corrected chi connectivity index (χ3v) is 2.43. The molecule has 0 radical (unpaired) electrons. The summed E-state index contributed by atoms with van der Waals surface area (Å²) in [4.78, 5) is 11.8. The number of carbonyl (C=O) groups excluding carboxylic acids is 1. The number of halogens is 1. The van der Waals surface area contributed by atoms with E-state index in [4.69, 9.17) is 5.73 Å². The van der Waals surface area contributed by atoms with Crippen LogP contribution in [0.5, 0.6) is 0 Å². The number of aromatic amines is 1. The summed E-state index contributed by atoms with van der Waals surface area (Å²) < 4.78 is 0. The molecule has 0 aromatic carbocycles. The maximum atomic E-state index is 11.8. The van der Waals surface area contributed by atoms with Crippen LogP contribution in [-0.2, 0) is 0 Å². The molecule has 16 heavy (non-hydrogen) atoms. The van der Waals surface area contributed by atoms with E-state index in [2.05, 4.69) is 15.5 Å². The molecule has 0 saturated carbocycles. The van der Waals surface area contributed by atoms with Gasteiger partial charge in [0.25, 0.3) is 5.91 Å². The third kappa shape index (κ3) is 3.21. The Labute approximate surface area is 102 Å². The van der Waals surface area contributed by atoms with Gasteiger partial charge in [0.1, 0.15) is 0 Å². The van der Waals surface area contributed by atoms with E-state index in [1.165, 1.54) is 0 Å². The van der Waals surface area contributed by atoms with E-state index in [1.54, 1.807) is 0 Å². The molecule has 5 nitrogen and oxygen atoms in total. The van der Waals surface area contributed by atoms with Crippen molar-refractivity contribution in [1.29, 1.82) is 0 Å². The van der Waals surface area contributed by atoms with E-state index in [0.717, 1.165) is 11.3 Å². The van der Waals surface area contributed by atoms with Crippen LogP contribution in [-0.4, -0.2) is 28.2 Å². The van der Waals surface area contributed by atoms with Crippen molar-refractivity contribution in [2.45, 2.75) is 33.2 Å². The van der Waals surface area contributed by atoms with Gasteiger partial charge in [0.15, 0.2) is 5.69 Å². The molecule has 1 rings (SSSR count). The number of carbonyl (C=O) groups is 1. The Bertz CT molecular complexity index is 373. The number of amides is 1. The minimum absolute atomic E-state index is 0. The fourth-order valence-electron chi connectivity index (χ4n) is 1.12. The first kappa shape index (κ1) is 14.9. The van der Waals surface area contributed by atoms with Crippen molar-refractivity contribution in [3.63, 3.8) is 0 Å². The Balaban J connectivity index is 0.00000225. The Hall–Kier alpha value is -1.07. The fraction of sp³-hybridized carbons (Fsp3) is 0.600. The second-order valence-electron chi connectivity index (χ2n) is 4.36. The molecule has 0 aliphatic heterocycles. The topological polar surface area (TPSA) is 83.8 Å². The van der Waals surface area contributed by atoms with Crippen LogP contribution in [0, 0.1) is 13.8 Å². The van der Waals surface area contributed by atoms with Crippen molar-refractivity contribution in [1.82, 2.24) is 15.5 Å². The SMILES string of the molecule is Cc1[nH]nc(C(=O)NC(C)(C)CN)c1C.Cl. The molecule has 1 aromatic heterocycles. The number of nitrogens with two attached hydrogens (primary N) is 1. The largest absolute Gasteiger partial charge is 0.344 e. The molecule has 1 aromatic rings. The van der Waals surface area contributed by atoms with Gasteiger partial charge in [-0.15, -0.1) is 12.4 Å². The lowest BCUT2D eigenvalue weighted by Crippen LogP contribution is -2.49. The molecule has 0 bridgehead atoms. The fourth-order valence-corrected chi connectivity index (χ4v) is 1.12. The Morgan fingerprint density at radius 2 is 2.06 bits per heavy atom. The summed E-state index contributed by atoms with van der Waals surface area (Å²) in [7, 11) is 0. The third-order valence-electron chi connectivity index (χ3n) is 2.43. The Kier molecular flexibility index (Phi) is 4.96. The van der Waals surface area contributed by atoms with Gasteiger partial charge in [-0.2, -0.15) is 5.10 Å². The average molecular weight is 247 g/mol. The highest BCUT2D eigenvalue weighted by molar-refractivity contribution is 5.94. The van der Waals surface area contributed by atoms with Gasteiger partial charge in [0.2, 0.25) is 0 Å². The van der Waals surface area contributed by atoms with E-state index in [1.807, 2.05) is 27.7 Å². The molecule has 0 aliphatic rings. The van der Waals surface area contributed by atoms with Crippen LogP contribution in [0.1, 0.15) is 35.6 Å². The van der Waals surface area contributed by atoms with E-state index in [-0.39, 0.29) is 18.3 Å². The molecule has 1 heterocycles. The molecule has 4 N–H and O–H groups in total. The van der Waals surface area contributed by atoms with Crippen molar-refractivity contribution in [2.24, 2.45) is 5.73 Å². The minimum atomic E-state index is -0.406. The number of H-pyrrole nitrogens is 1. The van der Waals surface area contributed by atoms with Gasteiger partial charge < -0.3 is 11.1 Å². The van der Waals surface area contributed by atoms with Crippen LogP contribution >= 0.6 is 12.4 Å². The normalized spacial score (nSPS) is 10.8. The van der Waals surface area contributed by atoms with Gasteiger partial charge in [0, 0.05) is 23.3 Å². The van der Waals surface area contributed by atoms with Crippen molar-refractivity contribution in [2.75, 3.05) is 6.54 Å². The molecule has 0 saturated heterocycles. The van der Waals surface area contributed by atoms with Crippen molar-refractivity contribution < 1.29 is 4.79 Å². The molecule has 6 heteroatoms. The predicted molar refractivity (Wildman–Crippen MR) is 65.9 cm³/mol. The summed E-state index contributed by atoms with van der Waals surface area (Å²) in [6, 6.07) is 0. The predicted octanol–water partition coefficient (Wildman–Crippen LogP) is 0.915. The Morgan fingerprint density at radius 1 is 1.50 bits per heavy atom. The maximum absolute atomic E-state index is 11.8. The van der Waals surface area contributed by atoms with E-state index in [9.17, 15) is 4.79 Å². The van der Waals surface area contributed by atoms with Crippen LogP contribution in [0.15, 0.2) is 0 Å². The molecular weight excluding hydrogens is 228 g/mol. The first-order chi connectivity index (χ1) is 6.87. The van der Waals surface area contributed by atoms with Gasteiger partial charge in [-0.1, -0.05) is 0 Å². The maximum Gasteiger partial charge on any atom is 0.272 e. The smallest absolute Gasteiger partial charge is 0.272 e. The number of rotatable bonds is 3. The van der Waals surface area contributed by atoms with E-state index < -0.39 is 5.54 Å². The summed E-state index contributed by atoms with van der Waals surface area (Å²) in [5, 5.41) is 9.57. The second-order valence-corrected chi connectivity index (χ2v) is 4.36. The Morgan fingerprint density at radius 3 is 2.44 bits per heavy atom. The first-order valence-electron chi connectivity index (χ1n) is 4.91. The highest BCUT2D eigenvalue weighted by atomic mass is 35.5. The summed E-state index contributed by atoms with van der Waals surface area (Å²) in [6.07, 6.45) is 0. The molecule has 0 spiro atoms. The zero-order valence-corrected chi connectivity index (χ0v) is 10.9. The lowest BCUT2D eigenvalue weighted by atomic mass is 10.1. The molecule has 0 aliphatic carbocycles. The summed E-state index contributed by atoms with van der Waals surface area (Å²) in [6.45, 7) is 7.89. The van der Waals surface area contributed by atoms with Gasteiger partial charge in [-0.3, -0.25) is 9.89 Å². The molecule has 0 fully saturated rings. The standard InChI is InChI=1S/C10H18N4O.ClH/c1-6-7(2)13-14-8(6)9(15)12-10(3,4)5-11;/h5,11H2,1-4H3,(H,12,15)(H,13,14);1H. The van der Waals surface area contributed by atoms with Gasteiger partial charge in [0.05, 0.1) is 0 Å². The first-order valence-corrected chi connectivity index (χ1v) is 4.91. The zero-order valence-electron chi connectivity index (χ0n) is 10.0. The van der Waals surface area contributed by atoms with Crippen molar-refractivity contribution >= 4 is 18.3 Å². The van der Waals surface area contributed by atoms with Crippen LogP contribution < -0.4 is 11.1 Å². The van der Waals surface area contributed by atoms with Crippen LogP contribution in [0.4, 0.5) is 0 Å². The van der Waals surface area contributed by atoms with Gasteiger partial charge in [-0.25, -0.2) is 0 Å². The summed E-state index contributed by atoms with van der Waals surface area (Å²) in [5.74, 6) is -0.188. The molecule has 0 atom stereocenters. The number of hydrogen-bond donors (Lipinski definition) is 3. The number of nitrogens with one attached hydrogen (secondary N) is 2. The number of aromatic nitrogens is 2. The van der Waals surface area contributed by atoms with Gasteiger partial charge in [-0.05, 0) is 27.7 Å². The molecule has 1 amide bonds. The lowest BCUT2D eigenvalue weighted by molar-refractivity contribution is 0.0910.